The van der Waals surface area contributed by atoms with E-state index in [4.69, 9.17) is 10.5 Å². The Morgan fingerprint density at radius 1 is 1.28 bits per heavy atom. The first-order valence-electron chi connectivity index (χ1n) is 5.47. The summed E-state index contributed by atoms with van der Waals surface area (Å²) in [5, 5.41) is 0. The van der Waals surface area contributed by atoms with Gasteiger partial charge in [-0.2, -0.15) is 4.98 Å². The lowest BCUT2D eigenvalue weighted by atomic mass is 10.2. The molecule has 0 aliphatic heterocycles. The van der Waals surface area contributed by atoms with Gasteiger partial charge >= 0.3 is 0 Å². The first-order valence-corrected chi connectivity index (χ1v) is 5.47. The molecule has 0 radical (unpaired) electrons. The lowest BCUT2D eigenvalue weighted by Crippen LogP contribution is -2.19. The predicted molar refractivity (Wildman–Crippen MR) is 69.3 cm³/mol. The molecule has 2 heterocycles. The lowest BCUT2D eigenvalue weighted by molar-refractivity contribution is 0.397. The highest BCUT2D eigenvalue weighted by Gasteiger charge is 2.06. The lowest BCUT2D eigenvalue weighted by Gasteiger charge is -2.17. The maximum Gasteiger partial charge on any atom is 0.228 e. The van der Waals surface area contributed by atoms with Gasteiger partial charge in [0.25, 0.3) is 0 Å². The molecule has 0 bridgehead atoms. The molecule has 94 valence electrons. The minimum atomic E-state index is 0.513. The van der Waals surface area contributed by atoms with Gasteiger partial charge in [-0.25, -0.2) is 9.97 Å². The first kappa shape index (κ1) is 12.1. The van der Waals surface area contributed by atoms with Crippen molar-refractivity contribution in [2.45, 2.75) is 6.54 Å². The second-order valence-corrected chi connectivity index (χ2v) is 3.85. The molecule has 0 aromatic carbocycles. The first-order chi connectivity index (χ1) is 8.69. The molecule has 0 fully saturated rings. The van der Waals surface area contributed by atoms with Crippen molar-refractivity contribution in [3.05, 3.63) is 36.2 Å². The number of methoxy groups -OCH3 is 1. The highest BCUT2D eigenvalue weighted by molar-refractivity contribution is 5.34. The SMILES string of the molecule is COc1ccnc(N(C)Cc2ccc(N)nc2)n1. The molecule has 0 aliphatic carbocycles. The summed E-state index contributed by atoms with van der Waals surface area (Å²) in [7, 11) is 3.49. The fourth-order valence-electron chi connectivity index (χ4n) is 1.50. The van der Waals surface area contributed by atoms with Crippen LogP contribution in [-0.2, 0) is 6.54 Å². The molecular weight excluding hydrogens is 230 g/mol. The van der Waals surface area contributed by atoms with Gasteiger partial charge in [-0.15, -0.1) is 0 Å². The molecule has 2 N–H and O–H groups in total. The van der Waals surface area contributed by atoms with E-state index in [1.165, 1.54) is 0 Å². The Bertz CT molecular complexity index is 514. The summed E-state index contributed by atoms with van der Waals surface area (Å²) in [6.07, 6.45) is 3.41. The van der Waals surface area contributed by atoms with Crippen LogP contribution in [0.4, 0.5) is 11.8 Å². The average Bonchev–Trinajstić information content (AvgIpc) is 2.41. The molecule has 0 unspecified atom stereocenters. The molecule has 0 aliphatic rings. The molecule has 2 aromatic rings. The quantitative estimate of drug-likeness (QED) is 0.869. The summed E-state index contributed by atoms with van der Waals surface area (Å²) in [5.74, 6) is 1.66. The number of nitrogen functional groups attached to an aromatic ring is 1. The van der Waals surface area contributed by atoms with Crippen molar-refractivity contribution in [1.82, 2.24) is 15.0 Å². The number of hydrogen-bond acceptors (Lipinski definition) is 6. The molecule has 0 saturated carbocycles. The van der Waals surface area contributed by atoms with Crippen LogP contribution in [0.3, 0.4) is 0 Å². The predicted octanol–water partition coefficient (Wildman–Crippen LogP) is 1.10. The molecule has 0 spiro atoms. The second kappa shape index (κ2) is 5.31. The largest absolute Gasteiger partial charge is 0.481 e. The normalized spacial score (nSPS) is 10.1. The van der Waals surface area contributed by atoms with E-state index in [1.54, 1.807) is 31.6 Å². The molecule has 18 heavy (non-hydrogen) atoms. The van der Waals surface area contributed by atoms with Crippen LogP contribution < -0.4 is 15.4 Å². The number of pyridine rings is 1. The number of rotatable bonds is 4. The van der Waals surface area contributed by atoms with E-state index >= 15 is 0 Å². The van der Waals surface area contributed by atoms with Crippen molar-refractivity contribution in [1.29, 1.82) is 0 Å². The molecule has 0 atom stereocenters. The number of nitrogens with two attached hydrogens (primary N) is 1. The van der Waals surface area contributed by atoms with Gasteiger partial charge in [0, 0.05) is 32.1 Å². The fourth-order valence-corrected chi connectivity index (χ4v) is 1.50. The van der Waals surface area contributed by atoms with Gasteiger partial charge in [0.15, 0.2) is 0 Å². The van der Waals surface area contributed by atoms with Gasteiger partial charge in [0.1, 0.15) is 5.82 Å². The van der Waals surface area contributed by atoms with E-state index in [2.05, 4.69) is 15.0 Å². The molecule has 6 heteroatoms. The van der Waals surface area contributed by atoms with Crippen LogP contribution >= 0.6 is 0 Å². The molecular formula is C12H15N5O. The summed E-state index contributed by atoms with van der Waals surface area (Å²) >= 11 is 0. The Kier molecular flexibility index (Phi) is 3.57. The van der Waals surface area contributed by atoms with Gasteiger partial charge in [-0.1, -0.05) is 6.07 Å². The van der Waals surface area contributed by atoms with Crippen LogP contribution in [0.2, 0.25) is 0 Å². The molecule has 0 amide bonds. The molecule has 2 rings (SSSR count). The summed E-state index contributed by atoms with van der Waals surface area (Å²) in [5.41, 5.74) is 6.58. The topological polar surface area (TPSA) is 77.2 Å². The van der Waals surface area contributed by atoms with Crippen molar-refractivity contribution in [3.8, 4) is 5.88 Å². The monoisotopic (exact) mass is 245 g/mol. The maximum atomic E-state index is 5.54. The Morgan fingerprint density at radius 2 is 2.11 bits per heavy atom. The average molecular weight is 245 g/mol. The summed E-state index contributed by atoms with van der Waals surface area (Å²) in [6.45, 7) is 0.653. The summed E-state index contributed by atoms with van der Waals surface area (Å²) in [4.78, 5) is 14.4. The number of anilines is 2. The molecule has 2 aromatic heterocycles. The van der Waals surface area contributed by atoms with Crippen LogP contribution in [0.5, 0.6) is 5.88 Å². The van der Waals surface area contributed by atoms with Gasteiger partial charge < -0.3 is 15.4 Å². The van der Waals surface area contributed by atoms with Crippen molar-refractivity contribution < 1.29 is 4.74 Å². The van der Waals surface area contributed by atoms with Gasteiger partial charge in [-0.05, 0) is 11.6 Å². The Morgan fingerprint density at radius 3 is 2.78 bits per heavy atom. The summed E-state index contributed by atoms with van der Waals surface area (Å²) < 4.78 is 5.06. The van der Waals surface area contributed by atoms with E-state index in [-0.39, 0.29) is 0 Å². The van der Waals surface area contributed by atoms with Gasteiger partial charge in [-0.3, -0.25) is 0 Å². The van der Waals surface area contributed by atoms with Crippen molar-refractivity contribution >= 4 is 11.8 Å². The zero-order valence-electron chi connectivity index (χ0n) is 10.4. The van der Waals surface area contributed by atoms with E-state index in [9.17, 15) is 0 Å². The standard InChI is InChI=1S/C12H15N5O/c1-17(8-9-3-4-10(13)15-7-9)12-14-6-5-11(16-12)18-2/h3-7H,8H2,1-2H3,(H2,13,15). The van der Waals surface area contributed by atoms with Crippen LogP contribution in [0.1, 0.15) is 5.56 Å². The van der Waals surface area contributed by atoms with Crippen LogP contribution in [0.15, 0.2) is 30.6 Å². The van der Waals surface area contributed by atoms with Crippen LogP contribution in [0, 0.1) is 0 Å². The van der Waals surface area contributed by atoms with Crippen molar-refractivity contribution in [2.24, 2.45) is 0 Å². The minimum absolute atomic E-state index is 0.513. The Labute approximate surface area is 105 Å². The zero-order valence-corrected chi connectivity index (χ0v) is 10.4. The zero-order chi connectivity index (χ0) is 13.0. The van der Waals surface area contributed by atoms with E-state index in [0.29, 0.717) is 24.2 Å². The summed E-state index contributed by atoms with van der Waals surface area (Å²) in [6, 6.07) is 5.41. The van der Waals surface area contributed by atoms with E-state index in [1.807, 2.05) is 18.0 Å². The van der Waals surface area contributed by atoms with Crippen LogP contribution in [-0.4, -0.2) is 29.1 Å². The third-order valence-electron chi connectivity index (χ3n) is 2.44. The van der Waals surface area contributed by atoms with Crippen molar-refractivity contribution in [2.75, 3.05) is 24.8 Å². The van der Waals surface area contributed by atoms with Gasteiger partial charge in [0.05, 0.1) is 7.11 Å². The molecule has 0 saturated heterocycles. The number of hydrogen-bond donors (Lipinski definition) is 1. The van der Waals surface area contributed by atoms with Crippen LogP contribution in [0.25, 0.3) is 0 Å². The van der Waals surface area contributed by atoms with Crippen molar-refractivity contribution in [3.63, 3.8) is 0 Å². The number of nitrogens with zero attached hydrogens (tertiary/aromatic N) is 4. The number of aromatic nitrogens is 3. The highest BCUT2D eigenvalue weighted by Crippen LogP contribution is 2.13. The van der Waals surface area contributed by atoms with Gasteiger partial charge in [0.2, 0.25) is 11.8 Å². The number of ether oxygens (including phenoxy) is 1. The highest BCUT2D eigenvalue weighted by atomic mass is 16.5. The maximum absolute atomic E-state index is 5.54. The third kappa shape index (κ3) is 2.85. The third-order valence-corrected chi connectivity index (χ3v) is 2.44. The minimum Gasteiger partial charge on any atom is -0.481 e. The molecule has 6 nitrogen and oxygen atoms in total. The smallest absolute Gasteiger partial charge is 0.228 e. The Balaban J connectivity index is 2.11. The fraction of sp³-hybridized carbons (Fsp3) is 0.250. The van der Waals surface area contributed by atoms with E-state index < -0.39 is 0 Å². The van der Waals surface area contributed by atoms with E-state index in [0.717, 1.165) is 5.56 Å². The Hall–Kier alpha value is -2.37. The second-order valence-electron chi connectivity index (χ2n) is 3.85.